The second-order valence-corrected chi connectivity index (χ2v) is 7.28. The van der Waals surface area contributed by atoms with E-state index in [1.807, 2.05) is 37.1 Å². The van der Waals surface area contributed by atoms with E-state index in [2.05, 4.69) is 12.1 Å². The lowest BCUT2D eigenvalue weighted by Gasteiger charge is -2.30. The van der Waals surface area contributed by atoms with Gasteiger partial charge in [-0.15, -0.1) is 0 Å². The van der Waals surface area contributed by atoms with Crippen molar-refractivity contribution in [3.8, 4) is 0 Å². The molecule has 6 nitrogen and oxygen atoms in total. The smallest absolute Gasteiger partial charge is 0.186 e. The molecule has 0 bridgehead atoms. The normalized spacial score (nSPS) is 40.4. The quantitative estimate of drug-likeness (QED) is 0.773. The molecule has 2 radical (unpaired) electrons. The monoisotopic (exact) mass is 345 g/mol. The molecule has 0 aliphatic carbocycles. The van der Waals surface area contributed by atoms with Crippen LogP contribution in [0, 0.1) is 0 Å². The van der Waals surface area contributed by atoms with Crippen molar-refractivity contribution in [1.29, 1.82) is 0 Å². The van der Waals surface area contributed by atoms with Gasteiger partial charge in [0, 0.05) is 19.7 Å². The van der Waals surface area contributed by atoms with Gasteiger partial charge in [-0.2, -0.15) is 5.06 Å². The Morgan fingerprint density at radius 3 is 2.60 bits per heavy atom. The van der Waals surface area contributed by atoms with Gasteiger partial charge < -0.3 is 23.8 Å². The van der Waals surface area contributed by atoms with Crippen molar-refractivity contribution < 1.29 is 23.8 Å². The van der Waals surface area contributed by atoms with E-state index < -0.39 is 12.1 Å². The van der Waals surface area contributed by atoms with Gasteiger partial charge in [-0.25, -0.2) is 0 Å². The van der Waals surface area contributed by atoms with Crippen molar-refractivity contribution in [3.63, 3.8) is 0 Å². The third-order valence-corrected chi connectivity index (χ3v) is 4.95. The maximum atomic E-state index is 6.12. The molecule has 3 saturated heterocycles. The molecule has 3 aliphatic rings. The predicted octanol–water partition coefficient (Wildman–Crippen LogP) is 1.58. The molecule has 0 saturated carbocycles. The topological polar surface area (TPSA) is 49.4 Å². The zero-order chi connectivity index (χ0) is 17.6. The number of rotatable bonds is 4. The first kappa shape index (κ1) is 17.5. The van der Waals surface area contributed by atoms with Gasteiger partial charge in [0.15, 0.2) is 12.1 Å². The zero-order valence-electron chi connectivity index (χ0n) is 14.8. The number of hydrogen-bond acceptors (Lipinski definition) is 6. The highest BCUT2D eigenvalue weighted by Crippen LogP contribution is 2.42. The average molecular weight is 345 g/mol. The summed E-state index contributed by atoms with van der Waals surface area (Å²) in [6.45, 7) is 4.46. The number of hydroxylamine groups is 2. The third kappa shape index (κ3) is 3.37. The Hall–Kier alpha value is -0.955. The maximum Gasteiger partial charge on any atom is 0.186 e. The van der Waals surface area contributed by atoms with Crippen LogP contribution in [0.1, 0.15) is 25.8 Å². The Labute approximate surface area is 149 Å². The molecule has 0 amide bonds. The number of fused-ring (bicyclic) bond motifs is 1. The summed E-state index contributed by atoms with van der Waals surface area (Å²) in [5.41, 5.74) is 1.16. The fraction of sp³-hybridized carbons (Fsp3) is 0.667. The molecule has 0 unspecified atom stereocenters. The average Bonchev–Trinajstić information content (AvgIpc) is 3.18. The lowest BCUT2D eigenvalue weighted by molar-refractivity contribution is -0.244. The van der Waals surface area contributed by atoms with Crippen LogP contribution in [0.4, 0.5) is 0 Å². The van der Waals surface area contributed by atoms with Crippen LogP contribution in [-0.2, 0) is 30.3 Å². The number of ether oxygens (including phenoxy) is 4. The van der Waals surface area contributed by atoms with Crippen molar-refractivity contribution in [1.82, 2.24) is 5.06 Å². The molecule has 0 N–H and O–H groups in total. The molecular weight excluding hydrogens is 321 g/mol. The Morgan fingerprint density at radius 1 is 1.16 bits per heavy atom. The number of methoxy groups -OCH3 is 1. The minimum absolute atomic E-state index is 0.0274. The number of nitrogens with zero attached hydrogens (tertiary/aromatic N) is 1. The molecule has 3 heterocycles. The molecule has 3 aliphatic heterocycles. The van der Waals surface area contributed by atoms with Crippen molar-refractivity contribution in [3.05, 3.63) is 35.9 Å². The SMILES string of the molecule is [B][C@@H]1C[C@H]([C@H]2O[C@H](OC)[C@H]3OC(C)(C)O[C@H]32)N(Cc2ccccc2)O1. The summed E-state index contributed by atoms with van der Waals surface area (Å²) in [5, 5.41) is 1.91. The van der Waals surface area contributed by atoms with Crippen LogP contribution in [-0.4, -0.2) is 62.5 Å². The van der Waals surface area contributed by atoms with Gasteiger partial charge in [0.25, 0.3) is 0 Å². The minimum Gasteiger partial charge on any atom is -0.353 e. The lowest BCUT2D eigenvalue weighted by atomic mass is 9.90. The van der Waals surface area contributed by atoms with Crippen molar-refractivity contribution in [2.45, 2.75) is 69.2 Å². The van der Waals surface area contributed by atoms with Crippen LogP contribution in [0.3, 0.4) is 0 Å². The van der Waals surface area contributed by atoms with Crippen LogP contribution < -0.4 is 0 Å². The van der Waals surface area contributed by atoms with Crippen LogP contribution in [0.15, 0.2) is 30.3 Å². The maximum absolute atomic E-state index is 6.12. The van der Waals surface area contributed by atoms with Crippen LogP contribution in [0.2, 0.25) is 0 Å². The Balaban J connectivity index is 1.54. The Bertz CT molecular complexity index is 600. The summed E-state index contributed by atoms with van der Waals surface area (Å²) in [6.07, 6.45) is -0.473. The van der Waals surface area contributed by atoms with Gasteiger partial charge in [-0.3, -0.25) is 0 Å². The van der Waals surface area contributed by atoms with Crippen LogP contribution >= 0.6 is 0 Å². The highest BCUT2D eigenvalue weighted by molar-refractivity contribution is 6.11. The third-order valence-electron chi connectivity index (χ3n) is 4.95. The van der Waals surface area contributed by atoms with E-state index in [-0.39, 0.29) is 30.4 Å². The molecular formula is C18H24BNO5. The van der Waals surface area contributed by atoms with Gasteiger partial charge in [0.05, 0.1) is 6.04 Å². The van der Waals surface area contributed by atoms with Crippen LogP contribution in [0.25, 0.3) is 0 Å². The predicted molar refractivity (Wildman–Crippen MR) is 90.5 cm³/mol. The first-order valence-electron chi connectivity index (χ1n) is 8.74. The molecule has 1 aromatic carbocycles. The van der Waals surface area contributed by atoms with Crippen molar-refractivity contribution in [2.24, 2.45) is 0 Å². The van der Waals surface area contributed by atoms with E-state index >= 15 is 0 Å². The molecule has 6 atom stereocenters. The Morgan fingerprint density at radius 2 is 1.88 bits per heavy atom. The van der Waals surface area contributed by atoms with Crippen LogP contribution in [0.5, 0.6) is 0 Å². The summed E-state index contributed by atoms with van der Waals surface area (Å²) in [6, 6.07) is 9.78. The fourth-order valence-corrected chi connectivity index (χ4v) is 3.96. The number of hydrogen-bond donors (Lipinski definition) is 0. The van der Waals surface area contributed by atoms with E-state index in [0.29, 0.717) is 13.0 Å². The molecule has 3 fully saturated rings. The van der Waals surface area contributed by atoms with Gasteiger partial charge in [-0.05, 0) is 25.8 Å². The number of benzene rings is 1. The van der Waals surface area contributed by atoms with Crippen molar-refractivity contribution >= 4 is 7.85 Å². The first-order chi connectivity index (χ1) is 12.0. The standard InChI is InChI=1S/C18H24BNO5/c1-18(2)23-15-14(22-17(21-3)16(15)24-18)12-9-13(19)25-20(12)10-11-7-5-4-6-8-11/h4-8,12-17H,9-10H2,1-3H3/t12-,13+,14-,15+,16+,17+/m1/s1. The minimum atomic E-state index is -0.653. The Kier molecular flexibility index (Phi) is 4.64. The summed E-state index contributed by atoms with van der Waals surface area (Å²) >= 11 is 0. The fourth-order valence-electron chi connectivity index (χ4n) is 3.96. The molecule has 4 rings (SSSR count). The second kappa shape index (κ2) is 6.65. The summed E-state index contributed by atoms with van der Waals surface area (Å²) in [7, 11) is 7.69. The van der Waals surface area contributed by atoms with E-state index in [1.165, 1.54) is 0 Å². The lowest BCUT2D eigenvalue weighted by Crippen LogP contribution is -2.45. The summed E-state index contributed by atoms with van der Waals surface area (Å²) < 4.78 is 23.7. The summed E-state index contributed by atoms with van der Waals surface area (Å²) in [5.74, 6) is -0.653. The molecule has 25 heavy (non-hydrogen) atoms. The van der Waals surface area contributed by atoms with Gasteiger partial charge in [-0.1, -0.05) is 30.3 Å². The van der Waals surface area contributed by atoms with E-state index in [1.54, 1.807) is 7.11 Å². The molecule has 1 aromatic rings. The largest absolute Gasteiger partial charge is 0.353 e. The van der Waals surface area contributed by atoms with Gasteiger partial charge in [0.2, 0.25) is 0 Å². The molecule has 7 heteroatoms. The molecule has 0 aromatic heterocycles. The van der Waals surface area contributed by atoms with Gasteiger partial charge >= 0.3 is 0 Å². The van der Waals surface area contributed by atoms with Gasteiger partial charge in [0.1, 0.15) is 26.2 Å². The second-order valence-electron chi connectivity index (χ2n) is 7.28. The zero-order valence-corrected chi connectivity index (χ0v) is 14.8. The van der Waals surface area contributed by atoms with E-state index in [4.69, 9.17) is 31.6 Å². The van der Waals surface area contributed by atoms with Crippen molar-refractivity contribution in [2.75, 3.05) is 7.11 Å². The molecule has 134 valence electrons. The van der Waals surface area contributed by atoms with E-state index in [0.717, 1.165) is 5.56 Å². The molecule has 0 spiro atoms. The first-order valence-corrected chi connectivity index (χ1v) is 8.74. The van der Waals surface area contributed by atoms with E-state index in [9.17, 15) is 0 Å². The highest BCUT2D eigenvalue weighted by atomic mass is 16.8. The summed E-state index contributed by atoms with van der Waals surface area (Å²) in [4.78, 5) is 5.85. The highest BCUT2D eigenvalue weighted by Gasteiger charge is 2.59.